The van der Waals surface area contributed by atoms with Gasteiger partial charge in [-0.2, -0.15) is 0 Å². The van der Waals surface area contributed by atoms with E-state index in [2.05, 4.69) is 10.2 Å². The normalized spacial score (nSPS) is 15.2. The number of nitrogens with zero attached hydrogens (tertiary/aromatic N) is 1. The molecular formula is C14H16N2OY. The van der Waals surface area contributed by atoms with Gasteiger partial charge in [0.05, 0.1) is 6.57 Å². The Morgan fingerprint density at radius 3 is 2.22 bits per heavy atom. The van der Waals surface area contributed by atoms with Gasteiger partial charge in [0.25, 0.3) is 0 Å². The van der Waals surface area contributed by atoms with Crippen molar-refractivity contribution in [3.8, 4) is 0 Å². The maximum absolute atomic E-state index is 12.0. The molecule has 0 unspecified atom stereocenters. The Kier molecular flexibility index (Phi) is 4.69. The van der Waals surface area contributed by atoms with E-state index in [1.165, 1.54) is 0 Å². The molecule has 91 valence electrons. The van der Waals surface area contributed by atoms with Crippen molar-refractivity contribution in [1.82, 2.24) is 0 Å². The van der Waals surface area contributed by atoms with E-state index in [0.717, 1.165) is 29.7 Å². The number of amides is 1. The number of carbonyl (C=O) groups excluding carboxylic acids is 1. The molecule has 0 spiro atoms. The van der Waals surface area contributed by atoms with E-state index >= 15 is 0 Å². The van der Waals surface area contributed by atoms with Crippen LogP contribution in [0.5, 0.6) is 0 Å². The molecule has 2 rings (SSSR count). The van der Waals surface area contributed by atoms with E-state index in [1.54, 1.807) is 0 Å². The maximum atomic E-state index is 12.0. The van der Waals surface area contributed by atoms with E-state index in [-0.39, 0.29) is 44.0 Å². The van der Waals surface area contributed by atoms with Crippen molar-refractivity contribution in [3.63, 3.8) is 0 Å². The minimum atomic E-state index is -0.169. The van der Waals surface area contributed by atoms with Crippen LogP contribution in [0, 0.1) is 25.8 Å². The Morgan fingerprint density at radius 2 is 1.83 bits per heavy atom. The van der Waals surface area contributed by atoms with Gasteiger partial charge in [0.15, 0.2) is 5.69 Å². The summed E-state index contributed by atoms with van der Waals surface area (Å²) in [6, 6.07) is 3.62. The molecule has 1 fully saturated rings. The molecule has 1 saturated carbocycles. The van der Waals surface area contributed by atoms with Crippen LogP contribution in [0.15, 0.2) is 12.1 Å². The van der Waals surface area contributed by atoms with Crippen molar-refractivity contribution < 1.29 is 37.5 Å². The van der Waals surface area contributed by atoms with Gasteiger partial charge in [-0.3, -0.25) is 4.79 Å². The Hall–Kier alpha value is -0.716. The topological polar surface area (TPSA) is 33.5 Å². The summed E-state index contributed by atoms with van der Waals surface area (Å²) in [7, 11) is 0. The minimum absolute atomic E-state index is 0. The molecule has 1 aromatic rings. The molecule has 0 aliphatic heterocycles. The van der Waals surface area contributed by atoms with Crippen LogP contribution in [0.25, 0.3) is 4.85 Å². The molecule has 1 aliphatic rings. The number of hydrogen-bond acceptors (Lipinski definition) is 1. The molecule has 1 N–H and O–H groups in total. The van der Waals surface area contributed by atoms with Crippen LogP contribution in [-0.2, 0) is 37.5 Å². The van der Waals surface area contributed by atoms with Gasteiger partial charge in [-0.1, -0.05) is 19.1 Å². The Balaban J connectivity index is 0.00000162. The van der Waals surface area contributed by atoms with Gasteiger partial charge in [0.2, 0.25) is 5.91 Å². The van der Waals surface area contributed by atoms with E-state index in [1.807, 2.05) is 32.9 Å². The molecule has 1 radical (unpaired) electrons. The first-order chi connectivity index (χ1) is 7.96. The van der Waals surface area contributed by atoms with Crippen molar-refractivity contribution in [2.24, 2.45) is 5.41 Å². The second kappa shape index (κ2) is 5.51. The second-order valence-corrected chi connectivity index (χ2v) is 5.08. The predicted molar refractivity (Wildman–Crippen MR) is 68.1 cm³/mol. The van der Waals surface area contributed by atoms with Gasteiger partial charge >= 0.3 is 0 Å². The standard InChI is InChI=1S/C14H16N2O.Y/c1-9-7-11(15-4)8-10(2)12(9)16-13(17)14(3)5-6-14;/h7-8H,5-6H2,1-3H3,(H,16,17);. The smallest absolute Gasteiger partial charge is 0.230 e. The minimum Gasteiger partial charge on any atom is -0.325 e. The molecular weight excluding hydrogens is 301 g/mol. The fraction of sp³-hybridized carbons (Fsp3) is 0.429. The number of benzene rings is 1. The monoisotopic (exact) mass is 317 g/mol. The average Bonchev–Trinajstić information content (AvgIpc) is 3.02. The number of anilines is 1. The molecule has 0 aromatic heterocycles. The van der Waals surface area contributed by atoms with E-state index < -0.39 is 0 Å². The summed E-state index contributed by atoms with van der Waals surface area (Å²) >= 11 is 0. The molecule has 3 nitrogen and oxygen atoms in total. The quantitative estimate of drug-likeness (QED) is 0.831. The fourth-order valence-corrected chi connectivity index (χ4v) is 1.88. The molecule has 1 amide bonds. The van der Waals surface area contributed by atoms with E-state index in [4.69, 9.17) is 6.57 Å². The van der Waals surface area contributed by atoms with Gasteiger partial charge in [-0.15, -0.1) is 0 Å². The Morgan fingerprint density at radius 1 is 1.33 bits per heavy atom. The summed E-state index contributed by atoms with van der Waals surface area (Å²) in [5, 5.41) is 2.99. The van der Waals surface area contributed by atoms with Crippen LogP contribution < -0.4 is 5.32 Å². The first kappa shape index (κ1) is 15.3. The number of aryl methyl sites for hydroxylation is 2. The van der Waals surface area contributed by atoms with E-state index in [9.17, 15) is 4.79 Å². The zero-order valence-corrected chi connectivity index (χ0v) is 13.8. The third-order valence-corrected chi connectivity index (χ3v) is 3.43. The van der Waals surface area contributed by atoms with Gasteiger partial charge in [0, 0.05) is 43.8 Å². The Bertz CT molecular complexity index is 504. The first-order valence-electron chi connectivity index (χ1n) is 5.76. The van der Waals surface area contributed by atoms with Gasteiger partial charge < -0.3 is 5.32 Å². The third kappa shape index (κ3) is 2.99. The summed E-state index contributed by atoms with van der Waals surface area (Å²) in [6.45, 7) is 12.8. The average molecular weight is 317 g/mol. The number of carbonyl (C=O) groups is 1. The zero-order valence-electron chi connectivity index (χ0n) is 11.0. The van der Waals surface area contributed by atoms with Crippen LogP contribution in [-0.4, -0.2) is 5.91 Å². The summed E-state index contributed by atoms with van der Waals surface area (Å²) in [6.07, 6.45) is 1.94. The summed E-state index contributed by atoms with van der Waals surface area (Å²) < 4.78 is 0. The van der Waals surface area contributed by atoms with Crippen molar-refractivity contribution in [2.45, 2.75) is 33.6 Å². The fourth-order valence-electron chi connectivity index (χ4n) is 1.88. The molecule has 18 heavy (non-hydrogen) atoms. The molecule has 0 saturated heterocycles. The summed E-state index contributed by atoms with van der Waals surface area (Å²) in [4.78, 5) is 15.4. The number of hydrogen-bond donors (Lipinski definition) is 1. The van der Waals surface area contributed by atoms with Crippen LogP contribution in [0.2, 0.25) is 0 Å². The van der Waals surface area contributed by atoms with E-state index in [0.29, 0.717) is 5.69 Å². The van der Waals surface area contributed by atoms with Crippen LogP contribution in [0.4, 0.5) is 11.4 Å². The van der Waals surface area contributed by atoms with Crippen LogP contribution in [0.3, 0.4) is 0 Å². The van der Waals surface area contributed by atoms with Crippen LogP contribution in [0.1, 0.15) is 30.9 Å². The molecule has 0 atom stereocenters. The largest absolute Gasteiger partial charge is 0.325 e. The van der Waals surface area contributed by atoms with Crippen molar-refractivity contribution in [3.05, 3.63) is 34.7 Å². The van der Waals surface area contributed by atoms with Crippen molar-refractivity contribution >= 4 is 17.3 Å². The Labute approximate surface area is 133 Å². The molecule has 1 aliphatic carbocycles. The van der Waals surface area contributed by atoms with Gasteiger partial charge in [-0.25, -0.2) is 4.85 Å². The third-order valence-electron chi connectivity index (χ3n) is 3.43. The van der Waals surface area contributed by atoms with Gasteiger partial charge in [0.1, 0.15) is 0 Å². The zero-order chi connectivity index (χ0) is 12.6. The summed E-state index contributed by atoms with van der Waals surface area (Å²) in [5.74, 6) is 0.0965. The van der Waals surface area contributed by atoms with Gasteiger partial charge in [-0.05, 0) is 37.8 Å². The van der Waals surface area contributed by atoms with Crippen LogP contribution >= 0.6 is 0 Å². The predicted octanol–water partition coefficient (Wildman–Crippen LogP) is 3.59. The first-order valence-corrected chi connectivity index (χ1v) is 5.76. The number of nitrogens with one attached hydrogen (secondary N) is 1. The molecule has 0 bridgehead atoms. The molecule has 4 heteroatoms. The maximum Gasteiger partial charge on any atom is 0.230 e. The second-order valence-electron chi connectivity index (χ2n) is 5.08. The molecule has 0 heterocycles. The number of rotatable bonds is 2. The summed E-state index contributed by atoms with van der Waals surface area (Å²) in [5.41, 5.74) is 3.21. The molecule has 1 aromatic carbocycles. The SMILES string of the molecule is [C-]#[N+]c1cc(C)c(NC(=O)C2(C)CC2)c(C)c1.[Y]. The van der Waals surface area contributed by atoms with Crippen molar-refractivity contribution in [2.75, 3.05) is 5.32 Å². The van der Waals surface area contributed by atoms with Crippen molar-refractivity contribution in [1.29, 1.82) is 0 Å².